The van der Waals surface area contributed by atoms with Crippen molar-refractivity contribution in [3.05, 3.63) is 47.8 Å². The van der Waals surface area contributed by atoms with E-state index in [9.17, 15) is 5.11 Å². The molecule has 0 saturated carbocycles. The Morgan fingerprint density at radius 3 is 2.79 bits per heavy atom. The minimum absolute atomic E-state index is 0.192. The summed E-state index contributed by atoms with van der Waals surface area (Å²) in [5.74, 6) is 0.709. The number of rotatable bonds is 5. The highest BCUT2D eigenvalue weighted by Crippen LogP contribution is 2.30. The van der Waals surface area contributed by atoms with Crippen LogP contribution in [-0.4, -0.2) is 16.7 Å². The van der Waals surface area contributed by atoms with Crippen LogP contribution in [0.2, 0.25) is 0 Å². The monoisotopic (exact) mass is 258 g/mol. The first-order valence-corrected chi connectivity index (χ1v) is 6.31. The lowest BCUT2D eigenvalue weighted by molar-refractivity contribution is 0.317. The molecule has 2 aromatic rings. The van der Waals surface area contributed by atoms with E-state index in [0.29, 0.717) is 18.9 Å². The van der Waals surface area contributed by atoms with Crippen molar-refractivity contribution in [3.8, 4) is 11.5 Å². The van der Waals surface area contributed by atoms with Gasteiger partial charge in [-0.1, -0.05) is 12.1 Å². The number of anilines is 1. The number of phenolic OH excluding ortho intramolecular Hbond substituents is 1. The molecule has 4 heteroatoms. The Morgan fingerprint density at radius 1 is 1.26 bits per heavy atom. The molecular weight excluding hydrogens is 240 g/mol. The molecular formula is C15H18N2O2. The number of phenols is 1. The third kappa shape index (κ3) is 3.37. The van der Waals surface area contributed by atoms with Gasteiger partial charge in [-0.3, -0.25) is 4.98 Å². The highest BCUT2D eigenvalue weighted by atomic mass is 16.5. The summed E-state index contributed by atoms with van der Waals surface area (Å²) in [6.45, 7) is 4.90. The number of pyridine rings is 1. The van der Waals surface area contributed by atoms with Crippen LogP contribution in [0.15, 0.2) is 36.5 Å². The summed E-state index contributed by atoms with van der Waals surface area (Å²) in [6.07, 6.45) is 1.78. The first-order valence-electron chi connectivity index (χ1n) is 6.31. The molecule has 0 aliphatic rings. The van der Waals surface area contributed by atoms with E-state index in [0.717, 1.165) is 16.9 Å². The summed E-state index contributed by atoms with van der Waals surface area (Å²) in [5, 5.41) is 13.3. The molecule has 2 N–H and O–H groups in total. The van der Waals surface area contributed by atoms with Gasteiger partial charge in [-0.05, 0) is 32.0 Å². The van der Waals surface area contributed by atoms with E-state index in [1.165, 1.54) is 0 Å². The molecule has 1 aromatic carbocycles. The summed E-state index contributed by atoms with van der Waals surface area (Å²) >= 11 is 0. The maximum Gasteiger partial charge on any atom is 0.162 e. The molecule has 0 radical (unpaired) electrons. The van der Waals surface area contributed by atoms with Crippen LogP contribution < -0.4 is 10.1 Å². The zero-order chi connectivity index (χ0) is 13.7. The molecule has 0 spiro atoms. The van der Waals surface area contributed by atoms with Crippen LogP contribution in [0.25, 0.3) is 0 Å². The van der Waals surface area contributed by atoms with Crippen LogP contribution in [0.4, 0.5) is 5.69 Å². The van der Waals surface area contributed by atoms with Gasteiger partial charge >= 0.3 is 0 Å². The van der Waals surface area contributed by atoms with Crippen molar-refractivity contribution in [1.29, 1.82) is 0 Å². The van der Waals surface area contributed by atoms with Crippen LogP contribution in [0, 0.1) is 6.92 Å². The van der Waals surface area contributed by atoms with E-state index in [4.69, 9.17) is 4.74 Å². The molecule has 0 aliphatic heterocycles. The minimum Gasteiger partial charge on any atom is -0.504 e. The van der Waals surface area contributed by atoms with Gasteiger partial charge in [0.05, 0.1) is 18.5 Å². The zero-order valence-corrected chi connectivity index (χ0v) is 11.2. The van der Waals surface area contributed by atoms with Gasteiger partial charge in [-0.15, -0.1) is 0 Å². The van der Waals surface area contributed by atoms with Crippen molar-refractivity contribution in [2.75, 3.05) is 11.9 Å². The number of aromatic hydroxyl groups is 1. The minimum atomic E-state index is 0.192. The Kier molecular flexibility index (Phi) is 4.23. The van der Waals surface area contributed by atoms with E-state index in [-0.39, 0.29) is 5.75 Å². The van der Waals surface area contributed by atoms with E-state index in [1.54, 1.807) is 12.3 Å². The van der Waals surface area contributed by atoms with Gasteiger partial charge in [0.15, 0.2) is 11.5 Å². The molecule has 1 aromatic heterocycles. The fourth-order valence-corrected chi connectivity index (χ4v) is 1.75. The lowest BCUT2D eigenvalue weighted by Gasteiger charge is -2.11. The number of para-hydroxylation sites is 1. The van der Waals surface area contributed by atoms with Crippen molar-refractivity contribution >= 4 is 5.69 Å². The highest BCUT2D eigenvalue weighted by Gasteiger charge is 2.07. The Labute approximate surface area is 113 Å². The molecule has 0 bridgehead atoms. The lowest BCUT2D eigenvalue weighted by Crippen LogP contribution is -2.01. The predicted molar refractivity (Wildman–Crippen MR) is 75.6 cm³/mol. The second kappa shape index (κ2) is 6.09. The average Bonchev–Trinajstić information content (AvgIpc) is 2.42. The summed E-state index contributed by atoms with van der Waals surface area (Å²) < 4.78 is 5.35. The zero-order valence-electron chi connectivity index (χ0n) is 11.2. The van der Waals surface area contributed by atoms with Crippen molar-refractivity contribution in [2.45, 2.75) is 20.4 Å². The number of benzene rings is 1. The maximum atomic E-state index is 10.1. The number of hydrogen-bond acceptors (Lipinski definition) is 4. The van der Waals surface area contributed by atoms with Crippen LogP contribution in [0.1, 0.15) is 18.2 Å². The SMILES string of the molecule is CCOc1cccc(CNc2ccc(C)nc2)c1O. The van der Waals surface area contributed by atoms with Crippen molar-refractivity contribution in [3.63, 3.8) is 0 Å². The molecule has 0 amide bonds. The second-order valence-corrected chi connectivity index (χ2v) is 4.24. The Morgan fingerprint density at radius 2 is 2.11 bits per heavy atom. The van der Waals surface area contributed by atoms with E-state index >= 15 is 0 Å². The Hall–Kier alpha value is -2.23. The van der Waals surface area contributed by atoms with Crippen LogP contribution >= 0.6 is 0 Å². The average molecular weight is 258 g/mol. The number of hydrogen-bond donors (Lipinski definition) is 2. The van der Waals surface area contributed by atoms with Crippen molar-refractivity contribution in [2.24, 2.45) is 0 Å². The number of aryl methyl sites for hydroxylation is 1. The second-order valence-electron chi connectivity index (χ2n) is 4.24. The first-order chi connectivity index (χ1) is 9.20. The van der Waals surface area contributed by atoms with Gasteiger partial charge in [0, 0.05) is 17.8 Å². The Bertz CT molecular complexity index is 538. The molecule has 0 aliphatic carbocycles. The summed E-state index contributed by atoms with van der Waals surface area (Å²) in [4.78, 5) is 4.21. The number of nitrogens with one attached hydrogen (secondary N) is 1. The van der Waals surface area contributed by atoms with E-state index in [1.807, 2.05) is 38.1 Å². The van der Waals surface area contributed by atoms with Crippen LogP contribution in [0.3, 0.4) is 0 Å². The quantitative estimate of drug-likeness (QED) is 0.865. The number of nitrogens with zero attached hydrogens (tertiary/aromatic N) is 1. The highest BCUT2D eigenvalue weighted by molar-refractivity contribution is 5.48. The van der Waals surface area contributed by atoms with Crippen molar-refractivity contribution in [1.82, 2.24) is 4.98 Å². The third-order valence-corrected chi connectivity index (χ3v) is 2.78. The maximum absolute atomic E-state index is 10.1. The normalized spacial score (nSPS) is 10.2. The van der Waals surface area contributed by atoms with E-state index < -0.39 is 0 Å². The molecule has 0 saturated heterocycles. The van der Waals surface area contributed by atoms with Crippen LogP contribution in [0.5, 0.6) is 11.5 Å². The van der Waals surface area contributed by atoms with Crippen LogP contribution in [-0.2, 0) is 6.54 Å². The summed E-state index contributed by atoms with van der Waals surface area (Å²) in [6, 6.07) is 9.40. The predicted octanol–water partition coefficient (Wildman–Crippen LogP) is 3.11. The van der Waals surface area contributed by atoms with Crippen molar-refractivity contribution < 1.29 is 9.84 Å². The molecule has 0 unspecified atom stereocenters. The molecule has 0 atom stereocenters. The molecule has 100 valence electrons. The van der Waals surface area contributed by atoms with Gasteiger partial charge < -0.3 is 15.2 Å². The first kappa shape index (κ1) is 13.2. The van der Waals surface area contributed by atoms with Gasteiger partial charge in [0.2, 0.25) is 0 Å². The Balaban J connectivity index is 2.07. The molecule has 4 nitrogen and oxygen atoms in total. The summed E-state index contributed by atoms with van der Waals surface area (Å²) in [7, 11) is 0. The van der Waals surface area contributed by atoms with E-state index in [2.05, 4.69) is 10.3 Å². The topological polar surface area (TPSA) is 54.4 Å². The third-order valence-electron chi connectivity index (χ3n) is 2.78. The fourth-order valence-electron chi connectivity index (χ4n) is 1.75. The largest absolute Gasteiger partial charge is 0.504 e. The molecule has 1 heterocycles. The smallest absolute Gasteiger partial charge is 0.162 e. The van der Waals surface area contributed by atoms with Gasteiger partial charge in [0.25, 0.3) is 0 Å². The lowest BCUT2D eigenvalue weighted by atomic mass is 10.2. The molecule has 19 heavy (non-hydrogen) atoms. The molecule has 2 rings (SSSR count). The van der Waals surface area contributed by atoms with Gasteiger partial charge in [0.1, 0.15) is 0 Å². The summed E-state index contributed by atoms with van der Waals surface area (Å²) in [5.41, 5.74) is 2.70. The number of aromatic nitrogens is 1. The number of ether oxygens (including phenoxy) is 1. The molecule has 0 fully saturated rings. The standard InChI is InChI=1S/C15H18N2O2/c1-3-19-14-6-4-5-12(15(14)18)9-17-13-8-7-11(2)16-10-13/h4-8,10,17-18H,3,9H2,1-2H3. The van der Waals surface area contributed by atoms with Gasteiger partial charge in [-0.25, -0.2) is 0 Å². The fraction of sp³-hybridized carbons (Fsp3) is 0.267. The van der Waals surface area contributed by atoms with Gasteiger partial charge in [-0.2, -0.15) is 0 Å².